The standard InChI is InChI=1S/C11H12F3NO5/c1-3-19-9(16)4-6-7(18-2)5-8(10(17)15-6)20-11(12,13)14/h5H,3-4H2,1-2H3,(H,15,17). The summed E-state index contributed by atoms with van der Waals surface area (Å²) in [5.41, 5.74) is -1.12. The van der Waals surface area contributed by atoms with Crippen molar-refractivity contribution in [2.75, 3.05) is 13.7 Å². The van der Waals surface area contributed by atoms with Crippen LogP contribution in [0.5, 0.6) is 11.5 Å². The number of ether oxygens (including phenoxy) is 3. The van der Waals surface area contributed by atoms with E-state index in [4.69, 9.17) is 4.74 Å². The smallest absolute Gasteiger partial charge is 0.495 e. The predicted molar refractivity (Wildman–Crippen MR) is 60.6 cm³/mol. The summed E-state index contributed by atoms with van der Waals surface area (Å²) >= 11 is 0. The van der Waals surface area contributed by atoms with Gasteiger partial charge >= 0.3 is 12.3 Å². The second kappa shape index (κ2) is 6.31. The Morgan fingerprint density at radius 1 is 1.35 bits per heavy atom. The Hall–Kier alpha value is -2.19. The first-order valence-corrected chi connectivity index (χ1v) is 5.48. The highest BCUT2D eigenvalue weighted by Crippen LogP contribution is 2.24. The van der Waals surface area contributed by atoms with Crippen molar-refractivity contribution in [2.45, 2.75) is 19.7 Å². The van der Waals surface area contributed by atoms with Crippen LogP contribution >= 0.6 is 0 Å². The maximum Gasteiger partial charge on any atom is 0.573 e. The third kappa shape index (κ3) is 4.48. The Labute approximate surface area is 111 Å². The van der Waals surface area contributed by atoms with Crippen LogP contribution in [0.25, 0.3) is 0 Å². The molecule has 1 rings (SSSR count). The maximum atomic E-state index is 12.1. The van der Waals surface area contributed by atoms with Crippen LogP contribution in [-0.4, -0.2) is 31.0 Å². The van der Waals surface area contributed by atoms with E-state index in [1.165, 1.54) is 7.11 Å². The van der Waals surface area contributed by atoms with Gasteiger partial charge in [0, 0.05) is 6.07 Å². The van der Waals surface area contributed by atoms with Gasteiger partial charge in [0.05, 0.1) is 25.8 Å². The Bertz CT molecular complexity index is 538. The summed E-state index contributed by atoms with van der Waals surface area (Å²) in [4.78, 5) is 24.8. The van der Waals surface area contributed by atoms with E-state index in [9.17, 15) is 22.8 Å². The average Bonchev–Trinajstić information content (AvgIpc) is 2.31. The van der Waals surface area contributed by atoms with Gasteiger partial charge in [0.2, 0.25) is 0 Å². The van der Waals surface area contributed by atoms with Gasteiger partial charge in [0.1, 0.15) is 5.75 Å². The molecule has 0 fully saturated rings. The summed E-state index contributed by atoms with van der Waals surface area (Å²) in [7, 11) is 1.18. The number of rotatable bonds is 5. The van der Waals surface area contributed by atoms with Crippen LogP contribution in [0.1, 0.15) is 12.6 Å². The summed E-state index contributed by atoms with van der Waals surface area (Å²) in [5, 5.41) is 0. The number of pyridine rings is 1. The third-order valence-corrected chi connectivity index (χ3v) is 2.12. The number of hydrogen-bond acceptors (Lipinski definition) is 5. The minimum Gasteiger partial charge on any atom is -0.495 e. The van der Waals surface area contributed by atoms with Crippen LogP contribution in [0.4, 0.5) is 13.2 Å². The number of aromatic amines is 1. The predicted octanol–water partition coefficient (Wildman–Crippen LogP) is 1.39. The molecule has 20 heavy (non-hydrogen) atoms. The van der Waals surface area contributed by atoms with Gasteiger partial charge in [0.15, 0.2) is 5.75 Å². The highest BCUT2D eigenvalue weighted by molar-refractivity contribution is 5.72. The number of alkyl halides is 3. The number of methoxy groups -OCH3 is 1. The van der Waals surface area contributed by atoms with Gasteiger partial charge in [-0.15, -0.1) is 13.2 Å². The van der Waals surface area contributed by atoms with Gasteiger partial charge < -0.3 is 19.2 Å². The lowest BCUT2D eigenvalue weighted by atomic mass is 10.2. The average molecular weight is 295 g/mol. The summed E-state index contributed by atoms with van der Waals surface area (Å²) < 4.78 is 49.3. The number of esters is 1. The van der Waals surface area contributed by atoms with Crippen molar-refractivity contribution in [2.24, 2.45) is 0 Å². The molecule has 0 saturated carbocycles. The molecule has 0 unspecified atom stereocenters. The highest BCUT2D eigenvalue weighted by atomic mass is 19.4. The molecule has 1 aromatic heterocycles. The fraction of sp³-hybridized carbons (Fsp3) is 0.455. The fourth-order valence-corrected chi connectivity index (χ4v) is 1.40. The van der Waals surface area contributed by atoms with Crippen molar-refractivity contribution in [1.29, 1.82) is 0 Å². The van der Waals surface area contributed by atoms with E-state index in [0.29, 0.717) is 0 Å². The van der Waals surface area contributed by atoms with E-state index in [1.807, 2.05) is 0 Å². The van der Waals surface area contributed by atoms with Crippen molar-refractivity contribution < 1.29 is 32.2 Å². The molecule has 0 aliphatic rings. The summed E-state index contributed by atoms with van der Waals surface area (Å²) in [5.74, 6) is -1.73. The molecule has 0 saturated heterocycles. The second-order valence-electron chi connectivity index (χ2n) is 3.54. The molecule has 9 heteroatoms. The number of carbonyl (C=O) groups is 1. The molecule has 1 heterocycles. The lowest BCUT2D eigenvalue weighted by Crippen LogP contribution is -2.24. The van der Waals surface area contributed by atoms with Crippen LogP contribution < -0.4 is 15.0 Å². The number of aromatic nitrogens is 1. The van der Waals surface area contributed by atoms with Crippen LogP contribution in [0.2, 0.25) is 0 Å². The van der Waals surface area contributed by atoms with Crippen molar-refractivity contribution in [3.63, 3.8) is 0 Å². The molecular formula is C11H12F3NO5. The number of hydrogen-bond donors (Lipinski definition) is 1. The first-order valence-electron chi connectivity index (χ1n) is 5.48. The molecule has 6 nitrogen and oxygen atoms in total. The van der Waals surface area contributed by atoms with Crippen molar-refractivity contribution >= 4 is 5.97 Å². The number of halogens is 3. The van der Waals surface area contributed by atoms with Gasteiger partial charge in [-0.3, -0.25) is 9.59 Å². The maximum absolute atomic E-state index is 12.1. The normalized spacial score (nSPS) is 11.1. The van der Waals surface area contributed by atoms with Gasteiger partial charge in [-0.05, 0) is 6.92 Å². The van der Waals surface area contributed by atoms with Crippen molar-refractivity contribution in [3.8, 4) is 11.5 Å². The molecule has 0 aromatic carbocycles. The van der Waals surface area contributed by atoms with Crippen molar-refractivity contribution in [1.82, 2.24) is 4.98 Å². The van der Waals surface area contributed by atoms with Gasteiger partial charge in [0.25, 0.3) is 5.56 Å². The Balaban J connectivity index is 3.07. The third-order valence-electron chi connectivity index (χ3n) is 2.12. The summed E-state index contributed by atoms with van der Waals surface area (Å²) in [6.07, 6.45) is -5.33. The van der Waals surface area contributed by atoms with Gasteiger partial charge in [-0.25, -0.2) is 0 Å². The Morgan fingerprint density at radius 3 is 2.50 bits per heavy atom. The minimum absolute atomic E-state index is 0.00507. The Morgan fingerprint density at radius 2 is 2.00 bits per heavy atom. The highest BCUT2D eigenvalue weighted by Gasteiger charge is 2.33. The molecule has 1 N–H and O–H groups in total. The minimum atomic E-state index is -5.00. The van der Waals surface area contributed by atoms with E-state index in [-0.39, 0.29) is 24.5 Å². The lowest BCUT2D eigenvalue weighted by Gasteiger charge is -2.12. The summed E-state index contributed by atoms with van der Waals surface area (Å²) in [6, 6.07) is 0.765. The van der Waals surface area contributed by atoms with E-state index in [2.05, 4.69) is 14.5 Å². The number of carbonyl (C=O) groups excluding carboxylic acids is 1. The molecular weight excluding hydrogens is 283 g/mol. The van der Waals surface area contributed by atoms with Gasteiger partial charge in [-0.1, -0.05) is 0 Å². The fourth-order valence-electron chi connectivity index (χ4n) is 1.40. The SMILES string of the molecule is CCOC(=O)Cc1[nH]c(=O)c(OC(F)(F)F)cc1OC. The van der Waals surface area contributed by atoms with Crippen LogP contribution in [-0.2, 0) is 16.0 Å². The molecule has 1 aromatic rings. The second-order valence-corrected chi connectivity index (χ2v) is 3.54. The molecule has 0 radical (unpaired) electrons. The first-order chi connectivity index (χ1) is 9.26. The topological polar surface area (TPSA) is 77.6 Å². The Kier molecular flexibility index (Phi) is 5.00. The van der Waals surface area contributed by atoms with Gasteiger partial charge in [-0.2, -0.15) is 0 Å². The molecule has 0 spiro atoms. The largest absolute Gasteiger partial charge is 0.573 e. The molecule has 0 bridgehead atoms. The zero-order valence-corrected chi connectivity index (χ0v) is 10.7. The van der Waals surface area contributed by atoms with Crippen LogP contribution in [0, 0.1) is 0 Å². The number of H-pyrrole nitrogens is 1. The van der Waals surface area contributed by atoms with Crippen molar-refractivity contribution in [3.05, 3.63) is 22.1 Å². The zero-order chi connectivity index (χ0) is 15.3. The van der Waals surface area contributed by atoms with E-state index < -0.39 is 23.6 Å². The first kappa shape index (κ1) is 15.9. The molecule has 0 atom stereocenters. The molecule has 0 aliphatic carbocycles. The van der Waals surface area contributed by atoms with E-state index in [0.717, 1.165) is 6.07 Å². The molecule has 0 aliphatic heterocycles. The number of nitrogens with one attached hydrogen (secondary N) is 1. The molecule has 0 amide bonds. The quantitative estimate of drug-likeness (QED) is 0.831. The zero-order valence-electron chi connectivity index (χ0n) is 10.7. The van der Waals surface area contributed by atoms with E-state index in [1.54, 1.807) is 6.92 Å². The lowest BCUT2D eigenvalue weighted by molar-refractivity contribution is -0.275. The van der Waals surface area contributed by atoms with Crippen LogP contribution in [0.3, 0.4) is 0 Å². The molecule has 112 valence electrons. The van der Waals surface area contributed by atoms with E-state index >= 15 is 0 Å². The van der Waals surface area contributed by atoms with Crippen LogP contribution in [0.15, 0.2) is 10.9 Å². The monoisotopic (exact) mass is 295 g/mol. The summed E-state index contributed by atoms with van der Waals surface area (Å²) in [6.45, 7) is 1.73.